The number of thiophene rings is 1. The van der Waals surface area contributed by atoms with Crippen LogP contribution >= 0.6 is 11.3 Å². The van der Waals surface area contributed by atoms with Gasteiger partial charge in [0.1, 0.15) is 0 Å². The molecule has 1 atom stereocenters. The minimum atomic E-state index is 0.139. The molecule has 2 aromatic rings. The Hall–Kier alpha value is -1.69. The van der Waals surface area contributed by atoms with Gasteiger partial charge < -0.3 is 10.1 Å². The van der Waals surface area contributed by atoms with E-state index in [1.165, 1.54) is 10.4 Å². The molecule has 1 saturated heterocycles. The molecule has 0 radical (unpaired) electrons. The Morgan fingerprint density at radius 1 is 1.16 bits per heavy atom. The summed E-state index contributed by atoms with van der Waals surface area (Å²) in [5.41, 5.74) is 1.31. The van der Waals surface area contributed by atoms with Crippen molar-refractivity contribution < 1.29 is 9.53 Å². The molecule has 1 unspecified atom stereocenters. The van der Waals surface area contributed by atoms with Gasteiger partial charge in [-0.15, -0.1) is 11.3 Å². The van der Waals surface area contributed by atoms with Crippen molar-refractivity contribution in [1.29, 1.82) is 0 Å². The fourth-order valence-corrected chi connectivity index (χ4v) is 3.88. The highest BCUT2D eigenvalue weighted by molar-refractivity contribution is 7.09. The number of aryl methyl sites for hydroxylation is 1. The molecule has 0 bridgehead atoms. The van der Waals surface area contributed by atoms with Crippen LogP contribution in [0.25, 0.3) is 0 Å². The van der Waals surface area contributed by atoms with Crippen molar-refractivity contribution in [2.24, 2.45) is 0 Å². The first-order chi connectivity index (χ1) is 12.3. The monoisotopic (exact) mass is 358 g/mol. The zero-order valence-corrected chi connectivity index (χ0v) is 15.3. The molecule has 134 valence electrons. The van der Waals surface area contributed by atoms with Crippen LogP contribution in [0.4, 0.5) is 0 Å². The van der Waals surface area contributed by atoms with Gasteiger partial charge in [0.05, 0.1) is 13.2 Å². The Labute approximate surface area is 153 Å². The number of hydrogen-bond acceptors (Lipinski definition) is 4. The van der Waals surface area contributed by atoms with Crippen LogP contribution in [0.3, 0.4) is 0 Å². The van der Waals surface area contributed by atoms with Crippen LogP contribution in [-0.4, -0.2) is 49.7 Å². The Kier molecular flexibility index (Phi) is 7.03. The van der Waals surface area contributed by atoms with Gasteiger partial charge in [0.2, 0.25) is 5.91 Å². The minimum absolute atomic E-state index is 0.139. The molecule has 1 fully saturated rings. The van der Waals surface area contributed by atoms with Gasteiger partial charge >= 0.3 is 0 Å². The lowest BCUT2D eigenvalue weighted by molar-refractivity contribution is -0.121. The molecule has 0 spiro atoms. The smallest absolute Gasteiger partial charge is 0.220 e. The van der Waals surface area contributed by atoms with Crippen LogP contribution in [0.1, 0.15) is 16.9 Å². The predicted octanol–water partition coefficient (Wildman–Crippen LogP) is 2.74. The van der Waals surface area contributed by atoms with Crippen molar-refractivity contribution in [2.45, 2.75) is 25.3 Å². The maximum absolute atomic E-state index is 12.2. The Bertz CT molecular complexity index is 624. The van der Waals surface area contributed by atoms with Crippen molar-refractivity contribution in [2.75, 3.05) is 32.8 Å². The number of carbonyl (C=O) groups excluding carboxylic acids is 1. The summed E-state index contributed by atoms with van der Waals surface area (Å²) in [5.74, 6) is 0.139. The van der Waals surface area contributed by atoms with Crippen LogP contribution in [0, 0.1) is 0 Å². The van der Waals surface area contributed by atoms with E-state index in [0.717, 1.165) is 39.1 Å². The van der Waals surface area contributed by atoms with Crippen LogP contribution < -0.4 is 5.32 Å². The van der Waals surface area contributed by atoms with Crippen molar-refractivity contribution in [1.82, 2.24) is 10.2 Å². The van der Waals surface area contributed by atoms with E-state index in [-0.39, 0.29) is 5.91 Å². The van der Waals surface area contributed by atoms with E-state index in [2.05, 4.69) is 45.9 Å². The highest BCUT2D eigenvalue weighted by atomic mass is 32.1. The summed E-state index contributed by atoms with van der Waals surface area (Å²) in [4.78, 5) is 15.9. The van der Waals surface area contributed by atoms with Crippen LogP contribution in [-0.2, 0) is 22.4 Å². The first kappa shape index (κ1) is 18.1. The molecular weight excluding hydrogens is 332 g/mol. The quantitative estimate of drug-likeness (QED) is 0.789. The van der Waals surface area contributed by atoms with Crippen molar-refractivity contribution in [3.8, 4) is 0 Å². The fourth-order valence-electron chi connectivity index (χ4n) is 3.17. The molecule has 1 aliphatic rings. The van der Waals surface area contributed by atoms with E-state index in [1.807, 2.05) is 12.1 Å². The summed E-state index contributed by atoms with van der Waals surface area (Å²) in [5, 5.41) is 5.20. The Morgan fingerprint density at radius 3 is 2.68 bits per heavy atom. The molecule has 3 rings (SSSR count). The van der Waals surface area contributed by atoms with Crippen molar-refractivity contribution >= 4 is 17.2 Å². The molecular formula is C20H26N2O2S. The van der Waals surface area contributed by atoms with Crippen LogP contribution in [0.15, 0.2) is 47.8 Å². The van der Waals surface area contributed by atoms with Gasteiger partial charge in [-0.05, 0) is 29.9 Å². The van der Waals surface area contributed by atoms with Gasteiger partial charge in [-0.1, -0.05) is 36.4 Å². The third-order valence-corrected chi connectivity index (χ3v) is 5.53. The first-order valence-electron chi connectivity index (χ1n) is 8.96. The second-order valence-electron chi connectivity index (χ2n) is 6.38. The summed E-state index contributed by atoms with van der Waals surface area (Å²) < 4.78 is 5.48. The summed E-state index contributed by atoms with van der Waals surface area (Å²) in [6, 6.07) is 14.9. The second kappa shape index (κ2) is 9.70. The van der Waals surface area contributed by atoms with Gasteiger partial charge in [-0.2, -0.15) is 0 Å². The van der Waals surface area contributed by atoms with E-state index in [4.69, 9.17) is 4.74 Å². The molecule has 1 N–H and O–H groups in total. The molecule has 1 aromatic heterocycles. The maximum atomic E-state index is 12.2. The van der Waals surface area contributed by atoms with E-state index in [1.54, 1.807) is 11.3 Å². The summed E-state index contributed by atoms with van der Waals surface area (Å²) >= 11 is 1.71. The number of nitrogens with zero attached hydrogens (tertiary/aromatic N) is 1. The van der Waals surface area contributed by atoms with E-state index in [0.29, 0.717) is 19.0 Å². The van der Waals surface area contributed by atoms with Gasteiger partial charge in [0.15, 0.2) is 0 Å². The van der Waals surface area contributed by atoms with Crippen molar-refractivity contribution in [3.05, 3.63) is 58.3 Å². The normalized spacial score (nSPS) is 16.5. The molecule has 4 nitrogen and oxygen atoms in total. The average molecular weight is 359 g/mol. The largest absolute Gasteiger partial charge is 0.379 e. The van der Waals surface area contributed by atoms with Gasteiger partial charge in [-0.25, -0.2) is 0 Å². The molecule has 5 heteroatoms. The number of benzene rings is 1. The molecule has 1 amide bonds. The third-order valence-electron chi connectivity index (χ3n) is 4.59. The van der Waals surface area contributed by atoms with Crippen molar-refractivity contribution in [3.63, 3.8) is 0 Å². The summed E-state index contributed by atoms with van der Waals surface area (Å²) in [7, 11) is 0. The Balaban J connectivity index is 1.52. The summed E-state index contributed by atoms with van der Waals surface area (Å²) in [6.45, 7) is 4.11. The minimum Gasteiger partial charge on any atom is -0.379 e. The standard InChI is InChI=1S/C20H26N2O2S/c23-20(9-8-19-7-4-14-25-19)21-16-18(22-10-12-24-13-11-22)15-17-5-2-1-3-6-17/h1-7,14,18H,8-13,15-16H2,(H,21,23). The number of hydrogen-bond donors (Lipinski definition) is 1. The zero-order chi connectivity index (χ0) is 17.3. The fraction of sp³-hybridized carbons (Fsp3) is 0.450. The third kappa shape index (κ3) is 5.96. The molecule has 1 aromatic carbocycles. The topological polar surface area (TPSA) is 41.6 Å². The number of morpholine rings is 1. The highest BCUT2D eigenvalue weighted by Gasteiger charge is 2.21. The number of rotatable bonds is 8. The van der Waals surface area contributed by atoms with E-state index in [9.17, 15) is 4.79 Å². The lowest BCUT2D eigenvalue weighted by Crippen LogP contribution is -2.49. The second-order valence-corrected chi connectivity index (χ2v) is 7.41. The molecule has 1 aliphatic heterocycles. The number of amides is 1. The SMILES string of the molecule is O=C(CCc1cccs1)NCC(Cc1ccccc1)N1CCOCC1. The van der Waals surface area contributed by atoms with Gasteiger partial charge in [0, 0.05) is 37.0 Å². The van der Waals surface area contributed by atoms with Crippen LogP contribution in [0.5, 0.6) is 0 Å². The molecule has 2 heterocycles. The van der Waals surface area contributed by atoms with E-state index >= 15 is 0 Å². The molecule has 25 heavy (non-hydrogen) atoms. The predicted molar refractivity (Wildman–Crippen MR) is 102 cm³/mol. The Morgan fingerprint density at radius 2 is 1.96 bits per heavy atom. The van der Waals surface area contributed by atoms with E-state index < -0.39 is 0 Å². The van der Waals surface area contributed by atoms with Gasteiger partial charge in [0.25, 0.3) is 0 Å². The molecule has 0 saturated carbocycles. The average Bonchev–Trinajstić information content (AvgIpc) is 3.18. The summed E-state index contributed by atoms with van der Waals surface area (Å²) in [6.07, 6.45) is 2.33. The lowest BCUT2D eigenvalue weighted by atomic mass is 10.0. The maximum Gasteiger partial charge on any atom is 0.220 e. The lowest BCUT2D eigenvalue weighted by Gasteiger charge is -2.34. The molecule has 0 aliphatic carbocycles. The highest BCUT2D eigenvalue weighted by Crippen LogP contribution is 2.12. The van der Waals surface area contributed by atoms with Gasteiger partial charge in [-0.3, -0.25) is 9.69 Å². The first-order valence-corrected chi connectivity index (χ1v) is 9.84. The number of nitrogens with one attached hydrogen (secondary N) is 1. The number of ether oxygens (including phenoxy) is 1. The number of carbonyl (C=O) groups is 1. The van der Waals surface area contributed by atoms with Crippen LogP contribution in [0.2, 0.25) is 0 Å². The zero-order valence-electron chi connectivity index (χ0n) is 14.5.